The summed E-state index contributed by atoms with van der Waals surface area (Å²) in [4.78, 5) is 24.6. The molecule has 0 amide bonds. The zero-order chi connectivity index (χ0) is 23.5. The van der Waals surface area contributed by atoms with Crippen LogP contribution in [-0.2, 0) is 7.05 Å². The Morgan fingerprint density at radius 2 is 2.00 bits per heavy atom. The van der Waals surface area contributed by atoms with Gasteiger partial charge >= 0.3 is 5.97 Å². The van der Waals surface area contributed by atoms with E-state index >= 15 is 0 Å². The fraction of sp³-hybridized carbons (Fsp3) is 0.238. The fourth-order valence-electron chi connectivity index (χ4n) is 3.13. The number of nitrogens with zero attached hydrogens (tertiary/aromatic N) is 7. The number of methoxy groups -OCH3 is 1. The Morgan fingerprint density at radius 1 is 1.18 bits per heavy atom. The van der Waals surface area contributed by atoms with E-state index in [1.165, 1.54) is 13.3 Å². The minimum Gasteiger partial charge on any atom is -0.494 e. The minimum atomic E-state index is -1.17. The standard InChI is InChI=1S/C21H23N9O3/c1-12(2)30-10-13(8-24-30)25-21-22-9-15(20(31)32)19(27-21)26-16-7-5-6-14(17(16)33-4)18-23-11-29(3)28-18/h5-12H,1-4H3,(H,31,32)(H2,22,25,26,27). The molecule has 3 heterocycles. The van der Waals surface area contributed by atoms with Crippen LogP contribution < -0.4 is 15.4 Å². The number of hydrogen-bond acceptors (Lipinski definition) is 9. The maximum atomic E-state index is 11.8. The zero-order valence-corrected chi connectivity index (χ0v) is 18.5. The van der Waals surface area contributed by atoms with Gasteiger partial charge in [0, 0.05) is 25.5 Å². The van der Waals surface area contributed by atoms with Gasteiger partial charge in [0.25, 0.3) is 0 Å². The van der Waals surface area contributed by atoms with Gasteiger partial charge < -0.3 is 20.5 Å². The molecule has 4 aromatic rings. The number of rotatable bonds is 8. The van der Waals surface area contributed by atoms with Crippen molar-refractivity contribution in [3.63, 3.8) is 0 Å². The summed E-state index contributed by atoms with van der Waals surface area (Å²) in [7, 11) is 3.29. The monoisotopic (exact) mass is 449 g/mol. The van der Waals surface area contributed by atoms with Crippen molar-refractivity contribution in [1.82, 2.24) is 34.5 Å². The van der Waals surface area contributed by atoms with E-state index < -0.39 is 5.97 Å². The molecule has 0 aliphatic rings. The van der Waals surface area contributed by atoms with Crippen LogP contribution in [0.15, 0.2) is 43.1 Å². The molecule has 0 saturated carbocycles. The van der Waals surface area contributed by atoms with Crippen molar-refractivity contribution in [2.24, 2.45) is 7.05 Å². The molecule has 0 radical (unpaired) electrons. The molecule has 170 valence electrons. The number of benzene rings is 1. The Kier molecular flexibility index (Phi) is 5.89. The topological polar surface area (TPSA) is 145 Å². The van der Waals surface area contributed by atoms with Crippen LogP contribution in [0, 0.1) is 0 Å². The molecule has 3 N–H and O–H groups in total. The highest BCUT2D eigenvalue weighted by Crippen LogP contribution is 2.36. The molecule has 0 aliphatic heterocycles. The molecule has 0 saturated heterocycles. The number of aromatic carboxylic acids is 1. The van der Waals surface area contributed by atoms with Crippen LogP contribution in [0.4, 0.5) is 23.1 Å². The number of carboxylic acid groups (broad SMARTS) is 1. The summed E-state index contributed by atoms with van der Waals surface area (Å²) >= 11 is 0. The van der Waals surface area contributed by atoms with E-state index in [0.717, 1.165) is 0 Å². The lowest BCUT2D eigenvalue weighted by Gasteiger charge is -2.15. The van der Waals surface area contributed by atoms with Crippen LogP contribution in [0.5, 0.6) is 5.75 Å². The van der Waals surface area contributed by atoms with E-state index in [4.69, 9.17) is 4.74 Å². The molecule has 1 aromatic carbocycles. The molecule has 0 atom stereocenters. The van der Waals surface area contributed by atoms with Gasteiger partial charge in [0.05, 0.1) is 30.2 Å². The second-order valence-electron chi connectivity index (χ2n) is 7.44. The quantitative estimate of drug-likeness (QED) is 0.366. The Bertz CT molecular complexity index is 1300. The average Bonchev–Trinajstić information content (AvgIpc) is 3.43. The SMILES string of the molecule is COc1c(Nc2nc(Nc3cnn(C(C)C)c3)ncc2C(=O)O)cccc1-c1ncn(C)n1. The van der Waals surface area contributed by atoms with Crippen molar-refractivity contribution in [3.8, 4) is 17.1 Å². The number of nitrogens with one attached hydrogen (secondary N) is 2. The molecule has 4 rings (SSSR count). The molecule has 3 aromatic heterocycles. The fourth-order valence-corrected chi connectivity index (χ4v) is 3.13. The predicted molar refractivity (Wildman–Crippen MR) is 121 cm³/mol. The molecule has 0 bridgehead atoms. The van der Waals surface area contributed by atoms with Crippen molar-refractivity contribution in [2.45, 2.75) is 19.9 Å². The second kappa shape index (κ2) is 8.94. The van der Waals surface area contributed by atoms with Gasteiger partial charge in [-0.1, -0.05) is 6.07 Å². The predicted octanol–water partition coefficient (Wildman–Crippen LogP) is 3.24. The van der Waals surface area contributed by atoms with Gasteiger partial charge in [-0.25, -0.2) is 14.8 Å². The zero-order valence-electron chi connectivity index (χ0n) is 18.5. The molecule has 12 heteroatoms. The first-order chi connectivity index (χ1) is 15.9. The Morgan fingerprint density at radius 3 is 2.64 bits per heavy atom. The summed E-state index contributed by atoms with van der Waals surface area (Å²) in [6, 6.07) is 5.55. The van der Waals surface area contributed by atoms with Crippen molar-refractivity contribution < 1.29 is 14.6 Å². The number of hydrogen-bond donors (Lipinski definition) is 3. The van der Waals surface area contributed by atoms with E-state index in [-0.39, 0.29) is 23.4 Å². The third-order valence-electron chi connectivity index (χ3n) is 4.72. The van der Waals surface area contributed by atoms with Gasteiger partial charge in [-0.05, 0) is 26.0 Å². The van der Waals surface area contributed by atoms with Gasteiger partial charge in [0.15, 0.2) is 17.4 Å². The first-order valence-corrected chi connectivity index (χ1v) is 10.1. The largest absolute Gasteiger partial charge is 0.494 e. The molecule has 12 nitrogen and oxygen atoms in total. The number of aryl methyl sites for hydroxylation is 1. The summed E-state index contributed by atoms with van der Waals surface area (Å²) in [5.41, 5.74) is 1.73. The lowest BCUT2D eigenvalue weighted by Crippen LogP contribution is -2.09. The van der Waals surface area contributed by atoms with Crippen molar-refractivity contribution in [2.75, 3.05) is 17.7 Å². The van der Waals surface area contributed by atoms with Crippen LogP contribution in [0.3, 0.4) is 0 Å². The maximum absolute atomic E-state index is 11.8. The van der Waals surface area contributed by atoms with Gasteiger partial charge in [0.1, 0.15) is 11.9 Å². The molecule has 0 fully saturated rings. The number of anilines is 4. The number of carbonyl (C=O) groups is 1. The second-order valence-corrected chi connectivity index (χ2v) is 7.44. The highest BCUT2D eigenvalue weighted by molar-refractivity contribution is 5.94. The van der Waals surface area contributed by atoms with E-state index in [9.17, 15) is 9.90 Å². The number of para-hydroxylation sites is 1. The maximum Gasteiger partial charge on any atom is 0.341 e. The first kappa shape index (κ1) is 21.7. The van der Waals surface area contributed by atoms with E-state index in [1.807, 2.05) is 26.1 Å². The van der Waals surface area contributed by atoms with Crippen molar-refractivity contribution in [1.29, 1.82) is 0 Å². The van der Waals surface area contributed by atoms with E-state index in [0.29, 0.717) is 28.5 Å². The summed E-state index contributed by atoms with van der Waals surface area (Å²) < 4.78 is 8.97. The Balaban J connectivity index is 1.69. The van der Waals surface area contributed by atoms with Crippen molar-refractivity contribution in [3.05, 3.63) is 48.7 Å². The van der Waals surface area contributed by atoms with Crippen molar-refractivity contribution >= 4 is 29.1 Å². The van der Waals surface area contributed by atoms with Gasteiger partial charge in [-0.2, -0.15) is 15.2 Å². The summed E-state index contributed by atoms with van der Waals surface area (Å²) in [6.07, 6.45) is 6.29. The van der Waals surface area contributed by atoms with Gasteiger partial charge in [0.2, 0.25) is 5.95 Å². The third kappa shape index (κ3) is 4.59. The lowest BCUT2D eigenvalue weighted by atomic mass is 10.1. The summed E-state index contributed by atoms with van der Waals surface area (Å²) in [5.74, 6) is 0.0706. The van der Waals surface area contributed by atoms with E-state index in [1.54, 1.807) is 41.1 Å². The lowest BCUT2D eigenvalue weighted by molar-refractivity contribution is 0.0697. The molecular formula is C21H23N9O3. The number of aromatic nitrogens is 7. The van der Waals surface area contributed by atoms with E-state index in [2.05, 4.69) is 35.8 Å². The number of ether oxygens (including phenoxy) is 1. The van der Waals surface area contributed by atoms with Crippen LogP contribution in [-0.4, -0.2) is 52.7 Å². The van der Waals surface area contributed by atoms with Gasteiger partial charge in [-0.3, -0.25) is 9.36 Å². The Labute approximate surface area is 189 Å². The molecule has 0 aliphatic carbocycles. The summed E-state index contributed by atoms with van der Waals surface area (Å²) in [5, 5.41) is 24.3. The van der Waals surface area contributed by atoms with Crippen LogP contribution in [0.1, 0.15) is 30.2 Å². The van der Waals surface area contributed by atoms with Gasteiger partial charge in [-0.15, -0.1) is 0 Å². The van der Waals surface area contributed by atoms with Crippen LogP contribution in [0.25, 0.3) is 11.4 Å². The first-order valence-electron chi connectivity index (χ1n) is 10.1. The molecular weight excluding hydrogens is 426 g/mol. The van der Waals surface area contributed by atoms with Crippen LogP contribution in [0.2, 0.25) is 0 Å². The highest BCUT2D eigenvalue weighted by atomic mass is 16.5. The summed E-state index contributed by atoms with van der Waals surface area (Å²) in [6.45, 7) is 4.03. The normalized spacial score (nSPS) is 10.9. The smallest absolute Gasteiger partial charge is 0.341 e. The molecule has 33 heavy (non-hydrogen) atoms. The third-order valence-corrected chi connectivity index (χ3v) is 4.72. The Hall–Kier alpha value is -4.48. The molecule has 0 spiro atoms. The number of carboxylic acids is 1. The van der Waals surface area contributed by atoms with Crippen LogP contribution >= 0.6 is 0 Å². The average molecular weight is 449 g/mol. The molecule has 0 unspecified atom stereocenters. The minimum absolute atomic E-state index is 0.0955. The highest BCUT2D eigenvalue weighted by Gasteiger charge is 2.19.